The second-order valence-electron chi connectivity index (χ2n) is 4.33. The molecule has 3 heteroatoms. The van der Waals surface area contributed by atoms with Crippen molar-refractivity contribution in [3.63, 3.8) is 0 Å². The molecule has 0 bridgehead atoms. The Morgan fingerprint density at radius 2 is 2.18 bits per heavy atom. The van der Waals surface area contributed by atoms with Gasteiger partial charge < -0.3 is 10.5 Å². The summed E-state index contributed by atoms with van der Waals surface area (Å²) in [4.78, 5) is 0. The van der Waals surface area contributed by atoms with E-state index in [-0.39, 0.29) is 12.7 Å². The van der Waals surface area contributed by atoms with Gasteiger partial charge in [-0.3, -0.25) is 4.39 Å². The summed E-state index contributed by atoms with van der Waals surface area (Å²) >= 11 is 0. The van der Waals surface area contributed by atoms with Crippen molar-refractivity contribution in [2.75, 3.05) is 13.3 Å². The predicted molar refractivity (Wildman–Crippen MR) is 69.2 cm³/mol. The highest BCUT2D eigenvalue weighted by Gasteiger charge is 2.10. The fourth-order valence-electron chi connectivity index (χ4n) is 1.74. The minimum Gasteiger partial charge on any atom is -0.493 e. The first-order chi connectivity index (χ1) is 8.19. The summed E-state index contributed by atoms with van der Waals surface area (Å²) in [6, 6.07) is 6.20. The minimum absolute atomic E-state index is 0.153. The number of nitrogens with two attached hydrogens (primary N) is 1. The quantitative estimate of drug-likeness (QED) is 0.742. The first kappa shape index (κ1) is 14.0. The van der Waals surface area contributed by atoms with Gasteiger partial charge in [0.05, 0.1) is 13.3 Å². The summed E-state index contributed by atoms with van der Waals surface area (Å²) in [6.45, 7) is 4.17. The van der Waals surface area contributed by atoms with Gasteiger partial charge in [0, 0.05) is 12.5 Å². The SMILES string of the molecule is CCC(N)Cc1cccc(C)c1OCCCF. The van der Waals surface area contributed by atoms with Crippen LogP contribution in [0.5, 0.6) is 5.75 Å². The molecule has 0 fully saturated rings. The molecule has 0 amide bonds. The molecular weight excluding hydrogens is 217 g/mol. The number of aryl methyl sites for hydroxylation is 1. The third-order valence-corrected chi connectivity index (χ3v) is 2.82. The van der Waals surface area contributed by atoms with Gasteiger partial charge in [-0.05, 0) is 30.9 Å². The molecule has 17 heavy (non-hydrogen) atoms. The molecule has 0 saturated carbocycles. The van der Waals surface area contributed by atoms with Crippen molar-refractivity contribution in [3.8, 4) is 5.75 Å². The Morgan fingerprint density at radius 3 is 2.82 bits per heavy atom. The molecule has 0 heterocycles. The van der Waals surface area contributed by atoms with Gasteiger partial charge in [0.1, 0.15) is 5.75 Å². The number of benzene rings is 1. The third kappa shape index (κ3) is 4.35. The van der Waals surface area contributed by atoms with E-state index in [0.29, 0.717) is 13.0 Å². The lowest BCUT2D eigenvalue weighted by Crippen LogP contribution is -2.22. The van der Waals surface area contributed by atoms with E-state index in [9.17, 15) is 4.39 Å². The molecule has 0 saturated heterocycles. The van der Waals surface area contributed by atoms with E-state index < -0.39 is 0 Å². The number of hydrogen-bond donors (Lipinski definition) is 1. The zero-order chi connectivity index (χ0) is 12.7. The molecule has 0 aromatic heterocycles. The van der Waals surface area contributed by atoms with Crippen molar-refractivity contribution in [2.45, 2.75) is 39.2 Å². The molecule has 1 unspecified atom stereocenters. The summed E-state index contributed by atoms with van der Waals surface area (Å²) in [5.41, 5.74) is 8.17. The maximum atomic E-state index is 12.1. The van der Waals surface area contributed by atoms with E-state index in [1.807, 2.05) is 25.1 Å². The molecule has 2 nitrogen and oxygen atoms in total. The average Bonchev–Trinajstić information content (AvgIpc) is 2.32. The summed E-state index contributed by atoms with van der Waals surface area (Å²) < 4.78 is 17.7. The molecule has 0 radical (unpaired) electrons. The summed E-state index contributed by atoms with van der Waals surface area (Å²) in [5.74, 6) is 0.879. The molecule has 1 atom stereocenters. The van der Waals surface area contributed by atoms with Gasteiger partial charge in [-0.25, -0.2) is 0 Å². The molecule has 0 aliphatic carbocycles. The Kier molecular flexibility index (Phi) is 5.98. The number of ether oxygens (including phenoxy) is 1. The lowest BCUT2D eigenvalue weighted by molar-refractivity contribution is 0.285. The van der Waals surface area contributed by atoms with Crippen molar-refractivity contribution in [1.29, 1.82) is 0 Å². The summed E-state index contributed by atoms with van der Waals surface area (Å²) in [6.07, 6.45) is 2.19. The Labute approximate surface area is 103 Å². The highest BCUT2D eigenvalue weighted by molar-refractivity contribution is 5.41. The largest absolute Gasteiger partial charge is 0.493 e. The van der Waals surface area contributed by atoms with Crippen LogP contribution in [0.4, 0.5) is 4.39 Å². The fraction of sp³-hybridized carbons (Fsp3) is 0.571. The molecule has 1 rings (SSSR count). The van der Waals surface area contributed by atoms with Crippen LogP contribution in [0.3, 0.4) is 0 Å². The topological polar surface area (TPSA) is 35.2 Å². The zero-order valence-corrected chi connectivity index (χ0v) is 10.7. The molecule has 96 valence electrons. The molecule has 0 aliphatic heterocycles. The summed E-state index contributed by atoms with van der Waals surface area (Å²) in [7, 11) is 0. The number of hydrogen-bond acceptors (Lipinski definition) is 2. The van der Waals surface area contributed by atoms with Crippen molar-refractivity contribution >= 4 is 0 Å². The van der Waals surface area contributed by atoms with Crippen LogP contribution in [0.25, 0.3) is 0 Å². The second-order valence-corrected chi connectivity index (χ2v) is 4.33. The van der Waals surface area contributed by atoms with Crippen molar-refractivity contribution < 1.29 is 9.13 Å². The standard InChI is InChI=1S/C14H22FNO/c1-3-13(16)10-12-7-4-6-11(2)14(12)17-9-5-8-15/h4,6-7,13H,3,5,8-10,16H2,1-2H3. The average molecular weight is 239 g/mol. The van der Waals surface area contributed by atoms with Crippen molar-refractivity contribution in [3.05, 3.63) is 29.3 Å². The maximum Gasteiger partial charge on any atom is 0.125 e. The van der Waals surface area contributed by atoms with E-state index >= 15 is 0 Å². The highest BCUT2D eigenvalue weighted by Crippen LogP contribution is 2.25. The van der Waals surface area contributed by atoms with Gasteiger partial charge in [-0.1, -0.05) is 25.1 Å². The Morgan fingerprint density at radius 1 is 1.41 bits per heavy atom. The molecule has 1 aromatic rings. The molecule has 2 N–H and O–H groups in total. The van der Waals surface area contributed by atoms with Gasteiger partial charge in [0.15, 0.2) is 0 Å². The van der Waals surface area contributed by atoms with E-state index in [0.717, 1.165) is 29.7 Å². The van der Waals surface area contributed by atoms with Crippen LogP contribution in [0, 0.1) is 6.92 Å². The van der Waals surface area contributed by atoms with Crippen LogP contribution in [0.2, 0.25) is 0 Å². The van der Waals surface area contributed by atoms with Crippen molar-refractivity contribution in [1.82, 2.24) is 0 Å². The van der Waals surface area contributed by atoms with E-state index in [2.05, 4.69) is 6.92 Å². The first-order valence-electron chi connectivity index (χ1n) is 6.21. The van der Waals surface area contributed by atoms with Crippen LogP contribution in [-0.4, -0.2) is 19.3 Å². The fourth-order valence-corrected chi connectivity index (χ4v) is 1.74. The summed E-state index contributed by atoms with van der Waals surface area (Å²) in [5, 5.41) is 0. The van der Waals surface area contributed by atoms with Crippen LogP contribution in [0.1, 0.15) is 30.9 Å². The normalized spacial score (nSPS) is 12.5. The van der Waals surface area contributed by atoms with Crippen LogP contribution < -0.4 is 10.5 Å². The van der Waals surface area contributed by atoms with Gasteiger partial charge in [-0.15, -0.1) is 0 Å². The molecule has 1 aromatic carbocycles. The third-order valence-electron chi connectivity index (χ3n) is 2.82. The monoisotopic (exact) mass is 239 g/mol. The zero-order valence-electron chi connectivity index (χ0n) is 10.7. The Hall–Kier alpha value is -1.09. The number of para-hydroxylation sites is 1. The van der Waals surface area contributed by atoms with E-state index in [4.69, 9.17) is 10.5 Å². The van der Waals surface area contributed by atoms with Gasteiger partial charge in [0.25, 0.3) is 0 Å². The Bertz CT molecular complexity index is 341. The number of rotatable bonds is 7. The van der Waals surface area contributed by atoms with E-state index in [1.54, 1.807) is 0 Å². The number of halogens is 1. The molecule has 0 spiro atoms. The predicted octanol–water partition coefficient (Wildman–Crippen LogP) is 3.01. The maximum absolute atomic E-state index is 12.1. The van der Waals surface area contributed by atoms with Gasteiger partial charge in [0.2, 0.25) is 0 Å². The van der Waals surface area contributed by atoms with E-state index in [1.165, 1.54) is 0 Å². The van der Waals surface area contributed by atoms with Crippen LogP contribution in [-0.2, 0) is 6.42 Å². The number of alkyl halides is 1. The van der Waals surface area contributed by atoms with Gasteiger partial charge in [-0.2, -0.15) is 0 Å². The smallest absolute Gasteiger partial charge is 0.125 e. The second kappa shape index (κ2) is 7.28. The molecular formula is C14H22FNO. The van der Waals surface area contributed by atoms with Crippen molar-refractivity contribution in [2.24, 2.45) is 5.73 Å². The molecule has 0 aliphatic rings. The Balaban J connectivity index is 2.76. The van der Waals surface area contributed by atoms with Crippen LogP contribution >= 0.6 is 0 Å². The van der Waals surface area contributed by atoms with Gasteiger partial charge >= 0.3 is 0 Å². The van der Waals surface area contributed by atoms with Crippen LogP contribution in [0.15, 0.2) is 18.2 Å². The minimum atomic E-state index is -0.338. The lowest BCUT2D eigenvalue weighted by Gasteiger charge is -2.16. The highest BCUT2D eigenvalue weighted by atomic mass is 19.1. The lowest BCUT2D eigenvalue weighted by atomic mass is 10.0. The first-order valence-corrected chi connectivity index (χ1v) is 6.21.